The van der Waals surface area contributed by atoms with E-state index in [1.807, 2.05) is 23.2 Å². The highest BCUT2D eigenvalue weighted by molar-refractivity contribution is 6.40. The molecule has 0 aliphatic rings. The molecule has 0 aliphatic heterocycles. The molecule has 0 fully saturated rings. The minimum Gasteiger partial charge on any atom is -0.242 e. The van der Waals surface area contributed by atoms with E-state index in [1.54, 1.807) is 0 Å². The van der Waals surface area contributed by atoms with Crippen LogP contribution in [-0.2, 0) is 0 Å². The summed E-state index contributed by atoms with van der Waals surface area (Å²) < 4.78 is 3.92. The van der Waals surface area contributed by atoms with Crippen molar-refractivity contribution < 1.29 is 4.68 Å². The van der Waals surface area contributed by atoms with Gasteiger partial charge in [0.25, 0.3) is 0 Å². The van der Waals surface area contributed by atoms with Crippen LogP contribution in [0.5, 0.6) is 0 Å². The molecule has 0 aliphatic carbocycles. The van der Waals surface area contributed by atoms with Crippen LogP contribution in [-0.4, -0.2) is 16.1 Å². The molecule has 2 rings (SSSR count). The number of hydrogen-bond donors (Lipinski definition) is 0. The fourth-order valence-corrected chi connectivity index (χ4v) is 2.52. The molecule has 0 spiro atoms. The van der Waals surface area contributed by atoms with Gasteiger partial charge in [-0.2, -0.15) is 5.10 Å². The zero-order valence-corrected chi connectivity index (χ0v) is 14.6. The number of aromatic nitrogens is 2. The van der Waals surface area contributed by atoms with Gasteiger partial charge in [0.2, 0.25) is 11.4 Å². The normalized spacial score (nSPS) is 12.9. The van der Waals surface area contributed by atoms with Gasteiger partial charge in [-0.05, 0) is 52.3 Å². The third-order valence-electron chi connectivity index (χ3n) is 3.80. The minimum atomic E-state index is 0.910. The van der Waals surface area contributed by atoms with Crippen LogP contribution in [0.4, 0.5) is 0 Å². The predicted octanol–water partition coefficient (Wildman–Crippen LogP) is 3.47. The van der Waals surface area contributed by atoms with Crippen LogP contribution in [0.2, 0.25) is 0 Å². The van der Waals surface area contributed by atoms with E-state index in [9.17, 15) is 0 Å². The van der Waals surface area contributed by atoms with Gasteiger partial charge < -0.3 is 0 Å². The van der Waals surface area contributed by atoms with Gasteiger partial charge in [-0.15, -0.1) is 0 Å². The molecule has 22 heavy (non-hydrogen) atoms. The van der Waals surface area contributed by atoms with Crippen molar-refractivity contribution in [1.82, 2.24) is 4.68 Å². The Bertz CT molecular complexity index is 721. The second-order valence-electron chi connectivity index (χ2n) is 5.93. The summed E-state index contributed by atoms with van der Waals surface area (Å²) in [4.78, 5) is 0. The zero-order valence-electron chi connectivity index (χ0n) is 14.6. The molecule has 2 heterocycles. The van der Waals surface area contributed by atoms with Crippen molar-refractivity contribution in [3.8, 4) is 0 Å². The second-order valence-corrected chi connectivity index (χ2v) is 5.93. The van der Waals surface area contributed by atoms with Crippen molar-refractivity contribution in [3.63, 3.8) is 0 Å². The maximum absolute atomic E-state index is 4.73. The van der Waals surface area contributed by atoms with Crippen LogP contribution in [0, 0.1) is 34.6 Å². The first kappa shape index (κ1) is 16.1. The smallest absolute Gasteiger partial charge is 0.212 e. The molecule has 0 N–H and O–H groups in total. The lowest BCUT2D eigenvalue weighted by Crippen LogP contribution is -2.37. The van der Waals surface area contributed by atoms with Gasteiger partial charge in [-0.25, -0.2) is 4.68 Å². The largest absolute Gasteiger partial charge is 0.242 e. The zero-order chi connectivity index (χ0) is 16.4. The minimum absolute atomic E-state index is 0.910. The molecule has 0 amide bonds. The maximum Gasteiger partial charge on any atom is 0.212 e. The molecule has 2 aromatic heterocycles. The van der Waals surface area contributed by atoms with Crippen molar-refractivity contribution in [2.45, 2.75) is 48.5 Å². The molecule has 4 nitrogen and oxygen atoms in total. The summed E-state index contributed by atoms with van der Waals surface area (Å²) in [5, 5.41) is 9.41. The first-order valence-electron chi connectivity index (χ1n) is 7.56. The molecular weight excluding hydrogens is 272 g/mol. The monoisotopic (exact) mass is 297 g/mol. The fraction of sp³-hybridized carbons (Fsp3) is 0.389. The Balaban J connectivity index is 2.41. The quantitative estimate of drug-likeness (QED) is 0.614. The van der Waals surface area contributed by atoms with Crippen LogP contribution < -0.4 is 4.68 Å². The highest BCUT2D eigenvalue weighted by Gasteiger charge is 2.13. The van der Waals surface area contributed by atoms with Crippen molar-refractivity contribution in [3.05, 3.63) is 52.6 Å². The Labute approximate surface area is 132 Å². The summed E-state index contributed by atoms with van der Waals surface area (Å²) in [5.74, 6) is 0. The summed E-state index contributed by atoms with van der Waals surface area (Å²) in [6, 6.07) is 8.41. The van der Waals surface area contributed by atoms with Crippen LogP contribution in [0.25, 0.3) is 0 Å². The van der Waals surface area contributed by atoms with Gasteiger partial charge in [-0.3, -0.25) is 0 Å². The maximum atomic E-state index is 4.73. The van der Waals surface area contributed by atoms with Crippen molar-refractivity contribution in [2.24, 2.45) is 10.2 Å². The second kappa shape index (κ2) is 6.26. The van der Waals surface area contributed by atoms with E-state index in [0.717, 1.165) is 34.2 Å². The van der Waals surface area contributed by atoms with E-state index < -0.39 is 0 Å². The molecule has 116 valence electrons. The fourth-order valence-electron chi connectivity index (χ4n) is 2.52. The average Bonchev–Trinajstić information content (AvgIpc) is 2.74. The third kappa shape index (κ3) is 3.32. The molecule has 0 unspecified atom stereocenters. The van der Waals surface area contributed by atoms with E-state index in [4.69, 9.17) is 5.10 Å². The molecular formula is C18H25N4+. The Morgan fingerprint density at radius 1 is 0.864 bits per heavy atom. The highest BCUT2D eigenvalue weighted by atomic mass is 15.4. The highest BCUT2D eigenvalue weighted by Crippen LogP contribution is 2.07. The number of nitrogens with zero attached hydrogens (tertiary/aromatic N) is 4. The molecule has 0 atom stereocenters. The predicted molar refractivity (Wildman–Crippen MR) is 91.8 cm³/mol. The Hall–Kier alpha value is -2.23. The Morgan fingerprint density at radius 3 is 1.86 bits per heavy atom. The molecule has 0 saturated heterocycles. The van der Waals surface area contributed by atoms with Gasteiger partial charge >= 0.3 is 0 Å². The standard InChI is InChI=1S/C18H25N4/c1-12-10-15(4)22(16(5)11-12)20-18(7)17(6)19-21-13(2)8-9-14(21)3/h8-11H,1-7H3/q+1/b19-17+,20-18+. The number of pyridine rings is 1. The van der Waals surface area contributed by atoms with E-state index in [2.05, 4.69) is 64.0 Å². The topological polar surface area (TPSA) is 33.5 Å². The summed E-state index contributed by atoms with van der Waals surface area (Å²) in [7, 11) is 0. The van der Waals surface area contributed by atoms with Crippen molar-refractivity contribution in [1.29, 1.82) is 0 Å². The first-order chi connectivity index (χ1) is 10.3. The van der Waals surface area contributed by atoms with Gasteiger partial charge in [0, 0.05) is 42.5 Å². The summed E-state index contributed by atoms with van der Waals surface area (Å²) >= 11 is 0. The lowest BCUT2D eigenvalue weighted by atomic mass is 10.2. The Morgan fingerprint density at radius 2 is 1.36 bits per heavy atom. The van der Waals surface area contributed by atoms with Gasteiger partial charge in [0.15, 0.2) is 0 Å². The molecule has 0 bridgehead atoms. The van der Waals surface area contributed by atoms with Crippen LogP contribution >= 0.6 is 0 Å². The molecule has 0 saturated carbocycles. The summed E-state index contributed by atoms with van der Waals surface area (Å²) in [6.07, 6.45) is 0. The number of aryl methyl sites for hydroxylation is 5. The first-order valence-corrected chi connectivity index (χ1v) is 7.56. The molecule has 0 aromatic carbocycles. The van der Waals surface area contributed by atoms with Gasteiger partial charge in [-0.1, -0.05) is 4.68 Å². The van der Waals surface area contributed by atoms with Crippen molar-refractivity contribution >= 4 is 11.4 Å². The molecule has 2 aromatic rings. The van der Waals surface area contributed by atoms with Gasteiger partial charge in [0.05, 0.1) is 5.71 Å². The third-order valence-corrected chi connectivity index (χ3v) is 3.80. The summed E-state index contributed by atoms with van der Waals surface area (Å²) in [5.41, 5.74) is 7.57. The van der Waals surface area contributed by atoms with Gasteiger partial charge in [0.1, 0.15) is 5.71 Å². The van der Waals surface area contributed by atoms with Crippen LogP contribution in [0.3, 0.4) is 0 Å². The van der Waals surface area contributed by atoms with E-state index in [0.29, 0.717) is 0 Å². The lowest BCUT2D eigenvalue weighted by molar-refractivity contribution is -0.690. The SMILES string of the molecule is CC(=N\n1c(C)ccc1C)/C(C)=N/[n+]1c(C)cc(C)cc1C. The van der Waals surface area contributed by atoms with E-state index in [1.165, 1.54) is 5.56 Å². The number of hydrogen-bond acceptors (Lipinski definition) is 2. The lowest BCUT2D eigenvalue weighted by Gasteiger charge is -2.05. The van der Waals surface area contributed by atoms with Crippen LogP contribution in [0.1, 0.15) is 42.2 Å². The van der Waals surface area contributed by atoms with E-state index in [-0.39, 0.29) is 0 Å². The number of rotatable bonds is 3. The summed E-state index contributed by atoms with van der Waals surface area (Å²) in [6.45, 7) is 14.4. The average molecular weight is 297 g/mol. The van der Waals surface area contributed by atoms with Crippen molar-refractivity contribution in [2.75, 3.05) is 0 Å². The van der Waals surface area contributed by atoms with E-state index >= 15 is 0 Å². The molecule has 4 heteroatoms. The Kier molecular flexibility index (Phi) is 4.59. The van der Waals surface area contributed by atoms with Crippen LogP contribution in [0.15, 0.2) is 34.5 Å². The molecule has 0 radical (unpaired) electrons.